The minimum Gasteiger partial charge on any atom is -0.372 e. The van der Waals surface area contributed by atoms with Gasteiger partial charge in [0.15, 0.2) is 5.43 Å². The second kappa shape index (κ2) is 7.41. The summed E-state index contributed by atoms with van der Waals surface area (Å²) < 4.78 is 66.2. The van der Waals surface area contributed by atoms with Crippen molar-refractivity contribution >= 4 is 16.6 Å². The molecule has 1 aliphatic heterocycles. The third-order valence-corrected chi connectivity index (χ3v) is 5.74. The maximum Gasteiger partial charge on any atom is 0.391 e. The molecule has 0 aliphatic carbocycles. The number of benzene rings is 2. The highest BCUT2D eigenvalue weighted by molar-refractivity contribution is 5.84. The van der Waals surface area contributed by atoms with Crippen molar-refractivity contribution in [1.29, 1.82) is 0 Å². The van der Waals surface area contributed by atoms with E-state index in [1.165, 1.54) is 0 Å². The van der Waals surface area contributed by atoms with Crippen molar-refractivity contribution in [2.45, 2.75) is 25.9 Å². The molecule has 1 fully saturated rings. The van der Waals surface area contributed by atoms with Gasteiger partial charge in [-0.05, 0) is 43.5 Å². The van der Waals surface area contributed by atoms with E-state index in [4.69, 9.17) is 0 Å². The Balaban J connectivity index is 1.63. The Morgan fingerprint density at radius 3 is 2.27 bits per heavy atom. The van der Waals surface area contributed by atoms with Crippen LogP contribution in [0.15, 0.2) is 41.2 Å². The lowest BCUT2D eigenvalue weighted by Crippen LogP contribution is -2.38. The summed E-state index contributed by atoms with van der Waals surface area (Å²) in [4.78, 5) is 17.4. The zero-order chi connectivity index (χ0) is 21.6. The molecule has 1 aromatic heterocycles. The molecule has 0 unspecified atom stereocenters. The van der Waals surface area contributed by atoms with Crippen molar-refractivity contribution in [3.05, 3.63) is 63.8 Å². The first kappa shape index (κ1) is 20.4. The Morgan fingerprint density at radius 1 is 1.03 bits per heavy atom. The van der Waals surface area contributed by atoms with Crippen LogP contribution < -0.4 is 10.3 Å². The number of hydrogen-bond acceptors (Lipinski definition) is 2. The Labute approximate surface area is 169 Å². The van der Waals surface area contributed by atoms with Crippen LogP contribution in [0.5, 0.6) is 0 Å². The van der Waals surface area contributed by atoms with Crippen molar-refractivity contribution in [3.8, 4) is 11.3 Å². The van der Waals surface area contributed by atoms with Crippen molar-refractivity contribution < 1.29 is 22.0 Å². The van der Waals surface area contributed by atoms with Gasteiger partial charge in [-0.15, -0.1) is 0 Å². The minimum atomic E-state index is -4.16. The van der Waals surface area contributed by atoms with Crippen LogP contribution in [-0.2, 0) is 0 Å². The van der Waals surface area contributed by atoms with Crippen molar-refractivity contribution in [1.82, 2.24) is 4.98 Å². The third kappa shape index (κ3) is 3.66. The summed E-state index contributed by atoms with van der Waals surface area (Å²) in [5.74, 6) is -2.97. The molecule has 1 N–H and O–H groups in total. The molecule has 2 aromatic carbocycles. The zero-order valence-electron chi connectivity index (χ0n) is 16.1. The molecular weight excluding hydrogens is 403 g/mol. The fraction of sp³-hybridized carbons (Fsp3) is 0.318. The summed E-state index contributed by atoms with van der Waals surface area (Å²) in [6.07, 6.45) is -4.05. The molecule has 3 aromatic rings. The predicted molar refractivity (Wildman–Crippen MR) is 106 cm³/mol. The van der Waals surface area contributed by atoms with Gasteiger partial charge in [0, 0.05) is 30.4 Å². The molecule has 3 nitrogen and oxygen atoms in total. The van der Waals surface area contributed by atoms with E-state index in [1.54, 1.807) is 31.2 Å². The number of pyridine rings is 1. The number of nitrogens with zero attached hydrogens (tertiary/aromatic N) is 1. The maximum atomic E-state index is 14.0. The topological polar surface area (TPSA) is 36.1 Å². The molecule has 8 heteroatoms. The van der Waals surface area contributed by atoms with Gasteiger partial charge in [-0.2, -0.15) is 13.2 Å². The van der Waals surface area contributed by atoms with Crippen LogP contribution in [0.1, 0.15) is 18.4 Å². The number of nitrogens with one attached hydrogen (secondary N) is 1. The van der Waals surface area contributed by atoms with Crippen LogP contribution in [0.3, 0.4) is 0 Å². The Kier molecular flexibility index (Phi) is 5.03. The molecule has 158 valence electrons. The van der Waals surface area contributed by atoms with Gasteiger partial charge in [0.25, 0.3) is 0 Å². The van der Waals surface area contributed by atoms with Crippen LogP contribution in [0.2, 0.25) is 0 Å². The maximum absolute atomic E-state index is 14.0. The van der Waals surface area contributed by atoms with Gasteiger partial charge < -0.3 is 9.88 Å². The Morgan fingerprint density at radius 2 is 1.67 bits per heavy atom. The van der Waals surface area contributed by atoms with Gasteiger partial charge in [0.05, 0.1) is 22.5 Å². The molecule has 1 saturated heterocycles. The lowest BCUT2D eigenvalue weighted by atomic mass is 9.95. The number of piperidine rings is 1. The number of hydrogen-bond donors (Lipinski definition) is 1. The number of fused-ring (bicyclic) bond motifs is 1. The number of H-pyrrole nitrogens is 1. The number of alkyl halides is 3. The van der Waals surface area contributed by atoms with E-state index < -0.39 is 29.2 Å². The molecule has 0 spiro atoms. The Hall–Kier alpha value is -2.90. The quantitative estimate of drug-likeness (QED) is 0.549. The first-order valence-corrected chi connectivity index (χ1v) is 9.59. The highest BCUT2D eigenvalue weighted by Crippen LogP contribution is 2.35. The number of anilines is 1. The average Bonchev–Trinajstić information content (AvgIpc) is 2.70. The van der Waals surface area contributed by atoms with E-state index in [1.807, 2.05) is 4.90 Å². The smallest absolute Gasteiger partial charge is 0.372 e. The molecule has 30 heavy (non-hydrogen) atoms. The van der Waals surface area contributed by atoms with E-state index >= 15 is 0 Å². The van der Waals surface area contributed by atoms with E-state index in [9.17, 15) is 26.7 Å². The molecule has 4 rings (SSSR count). The zero-order valence-corrected chi connectivity index (χ0v) is 16.1. The first-order valence-electron chi connectivity index (χ1n) is 9.59. The fourth-order valence-electron chi connectivity index (χ4n) is 4.03. The summed E-state index contributed by atoms with van der Waals surface area (Å²) in [6.45, 7) is 2.19. The highest BCUT2D eigenvalue weighted by Gasteiger charge is 2.41. The molecule has 0 radical (unpaired) electrons. The third-order valence-electron chi connectivity index (χ3n) is 5.74. The lowest BCUT2D eigenvalue weighted by molar-refractivity contribution is -0.179. The summed E-state index contributed by atoms with van der Waals surface area (Å²) >= 11 is 0. The second-order valence-electron chi connectivity index (χ2n) is 7.61. The van der Waals surface area contributed by atoms with E-state index in [0.717, 1.165) is 11.8 Å². The second-order valence-corrected chi connectivity index (χ2v) is 7.61. The van der Waals surface area contributed by atoms with Crippen LogP contribution in [0.25, 0.3) is 22.2 Å². The number of aromatic amines is 1. The minimum absolute atomic E-state index is 0.0550. The van der Waals surface area contributed by atoms with E-state index in [-0.39, 0.29) is 23.7 Å². The molecule has 0 saturated carbocycles. The lowest BCUT2D eigenvalue weighted by Gasteiger charge is -2.34. The SMILES string of the molecule is Cc1c(-c2ccc(N3CCC(C(F)(F)F)CC3)cc2)[nH]c2cc(F)cc(F)c2c1=O. The molecule has 1 aliphatic rings. The highest BCUT2D eigenvalue weighted by atomic mass is 19.4. The molecular formula is C22H19F5N2O. The summed E-state index contributed by atoms with van der Waals surface area (Å²) in [5.41, 5.74) is 1.72. The monoisotopic (exact) mass is 422 g/mol. The van der Waals surface area contributed by atoms with Crippen LogP contribution >= 0.6 is 0 Å². The van der Waals surface area contributed by atoms with Crippen LogP contribution in [-0.4, -0.2) is 24.2 Å². The van der Waals surface area contributed by atoms with Gasteiger partial charge in [-0.25, -0.2) is 8.78 Å². The molecule has 2 heterocycles. The predicted octanol–water partition coefficient (Wildman–Crippen LogP) is 5.56. The van der Waals surface area contributed by atoms with Gasteiger partial charge in [-0.1, -0.05) is 12.1 Å². The van der Waals surface area contributed by atoms with Crippen molar-refractivity contribution in [3.63, 3.8) is 0 Å². The number of aromatic nitrogens is 1. The standard InChI is InChI=1S/C22H19F5N2O/c1-12-20(28-18-11-15(23)10-17(24)19(18)21(12)30)13-2-4-16(5-3-13)29-8-6-14(7-9-29)22(25,26)27/h2-5,10-11,14H,6-9H2,1H3,(H,28,30). The fourth-order valence-corrected chi connectivity index (χ4v) is 4.03. The van der Waals surface area contributed by atoms with Gasteiger partial charge in [0.1, 0.15) is 11.6 Å². The van der Waals surface area contributed by atoms with Crippen molar-refractivity contribution in [2.24, 2.45) is 5.92 Å². The van der Waals surface area contributed by atoms with Gasteiger partial charge in [0.2, 0.25) is 0 Å². The van der Waals surface area contributed by atoms with Crippen LogP contribution in [0.4, 0.5) is 27.6 Å². The number of halogens is 5. The Bertz CT molecular complexity index is 1140. The van der Waals surface area contributed by atoms with Gasteiger partial charge in [-0.3, -0.25) is 4.79 Å². The largest absolute Gasteiger partial charge is 0.391 e. The first-order chi connectivity index (χ1) is 14.1. The molecule has 0 atom stereocenters. The normalized spacial score (nSPS) is 15.7. The summed E-state index contributed by atoms with van der Waals surface area (Å²) in [6, 6.07) is 8.78. The number of rotatable bonds is 2. The van der Waals surface area contributed by atoms with Crippen molar-refractivity contribution in [2.75, 3.05) is 18.0 Å². The van der Waals surface area contributed by atoms with Gasteiger partial charge >= 0.3 is 6.18 Å². The van der Waals surface area contributed by atoms with E-state index in [2.05, 4.69) is 4.98 Å². The molecule has 0 amide bonds. The molecule has 0 bridgehead atoms. The van der Waals surface area contributed by atoms with Crippen LogP contribution in [0, 0.1) is 24.5 Å². The summed E-state index contributed by atoms with van der Waals surface area (Å²) in [7, 11) is 0. The van der Waals surface area contributed by atoms with E-state index in [0.29, 0.717) is 36.0 Å². The average molecular weight is 422 g/mol. The summed E-state index contributed by atoms with van der Waals surface area (Å²) in [5, 5.41) is -0.193.